The highest BCUT2D eigenvalue weighted by Crippen LogP contribution is 2.25. The maximum atomic E-state index is 12.2. The van der Waals surface area contributed by atoms with Gasteiger partial charge in [0, 0.05) is 31.9 Å². The number of nitrogen functional groups attached to an aromatic ring is 1. The molecule has 0 spiro atoms. The number of carbonyl (C=O) groups excluding carboxylic acids is 1. The first kappa shape index (κ1) is 15.4. The van der Waals surface area contributed by atoms with Crippen LogP contribution >= 0.6 is 0 Å². The third-order valence-electron chi connectivity index (χ3n) is 3.42. The number of nitrogens with two attached hydrogens (primary N) is 1. The molecule has 6 nitrogen and oxygen atoms in total. The summed E-state index contributed by atoms with van der Waals surface area (Å²) in [6.07, 6.45) is 3.13. The van der Waals surface area contributed by atoms with Gasteiger partial charge in [0.1, 0.15) is 5.60 Å². The number of anilines is 2. The van der Waals surface area contributed by atoms with Crippen molar-refractivity contribution in [1.29, 1.82) is 0 Å². The predicted molar refractivity (Wildman–Crippen MR) is 83.3 cm³/mol. The fourth-order valence-electron chi connectivity index (χ4n) is 2.46. The number of rotatable bonds is 1. The molecule has 1 aliphatic heterocycles. The van der Waals surface area contributed by atoms with Crippen molar-refractivity contribution in [2.45, 2.75) is 39.3 Å². The van der Waals surface area contributed by atoms with E-state index in [0.29, 0.717) is 12.2 Å². The average Bonchev–Trinajstić information content (AvgIpc) is 2.37. The maximum absolute atomic E-state index is 12.2. The van der Waals surface area contributed by atoms with Crippen LogP contribution in [0.15, 0.2) is 18.5 Å². The second-order valence-electron chi connectivity index (χ2n) is 6.40. The number of hydrogen-bond acceptors (Lipinski definition) is 5. The number of hydrogen-bond donors (Lipinski definition) is 1. The number of amides is 1. The standard InChI is InChI=1S/C15H24N4O2/c1-11-10-18(13-5-6-17-9-12(13)16)7-8-19(11)14(20)21-15(2,3)4/h5-6,9,11H,7-8,10,16H2,1-4H3/t11-/m0/s1. The minimum absolute atomic E-state index is 0.0705. The van der Waals surface area contributed by atoms with E-state index >= 15 is 0 Å². The third-order valence-corrected chi connectivity index (χ3v) is 3.42. The van der Waals surface area contributed by atoms with Gasteiger partial charge in [-0.05, 0) is 33.8 Å². The minimum atomic E-state index is -0.469. The van der Waals surface area contributed by atoms with Gasteiger partial charge in [0.2, 0.25) is 0 Å². The summed E-state index contributed by atoms with van der Waals surface area (Å²) in [5.74, 6) is 0. The van der Waals surface area contributed by atoms with Crippen LogP contribution in [0.5, 0.6) is 0 Å². The smallest absolute Gasteiger partial charge is 0.410 e. The van der Waals surface area contributed by atoms with Gasteiger partial charge in [-0.2, -0.15) is 0 Å². The SMILES string of the molecule is C[C@H]1CN(c2ccncc2N)CCN1C(=O)OC(C)(C)C. The monoisotopic (exact) mass is 292 g/mol. The molecule has 21 heavy (non-hydrogen) atoms. The number of aromatic nitrogens is 1. The quantitative estimate of drug-likeness (QED) is 0.858. The molecule has 0 aliphatic carbocycles. The average molecular weight is 292 g/mol. The summed E-state index contributed by atoms with van der Waals surface area (Å²) in [7, 11) is 0. The van der Waals surface area contributed by atoms with Gasteiger partial charge >= 0.3 is 6.09 Å². The number of carbonyl (C=O) groups is 1. The molecule has 6 heteroatoms. The molecule has 0 radical (unpaired) electrons. The van der Waals surface area contributed by atoms with Gasteiger partial charge in [0.15, 0.2) is 0 Å². The van der Waals surface area contributed by atoms with E-state index in [1.807, 2.05) is 33.8 Å². The fourth-order valence-corrected chi connectivity index (χ4v) is 2.46. The molecule has 1 saturated heterocycles. The van der Waals surface area contributed by atoms with Crippen LogP contribution in [-0.2, 0) is 4.74 Å². The Labute approximate surface area is 125 Å². The maximum Gasteiger partial charge on any atom is 0.410 e. The summed E-state index contributed by atoms with van der Waals surface area (Å²) in [5, 5.41) is 0. The van der Waals surface area contributed by atoms with Crippen LogP contribution in [0, 0.1) is 0 Å². The lowest BCUT2D eigenvalue weighted by atomic mass is 10.1. The Bertz CT molecular complexity index is 513. The van der Waals surface area contributed by atoms with Crippen molar-refractivity contribution in [3.8, 4) is 0 Å². The van der Waals surface area contributed by atoms with E-state index in [1.165, 1.54) is 0 Å². The number of pyridine rings is 1. The van der Waals surface area contributed by atoms with Crippen LogP contribution in [0.4, 0.5) is 16.2 Å². The lowest BCUT2D eigenvalue weighted by molar-refractivity contribution is 0.0159. The minimum Gasteiger partial charge on any atom is -0.444 e. The van der Waals surface area contributed by atoms with Gasteiger partial charge in [-0.15, -0.1) is 0 Å². The molecule has 116 valence electrons. The Kier molecular flexibility index (Phi) is 4.25. The number of piperazine rings is 1. The van der Waals surface area contributed by atoms with Crippen molar-refractivity contribution >= 4 is 17.5 Å². The molecule has 2 heterocycles. The van der Waals surface area contributed by atoms with Crippen molar-refractivity contribution in [2.75, 3.05) is 30.3 Å². The van der Waals surface area contributed by atoms with Crippen molar-refractivity contribution in [3.63, 3.8) is 0 Å². The molecular weight excluding hydrogens is 268 g/mol. The Morgan fingerprint density at radius 1 is 1.43 bits per heavy atom. The molecular formula is C15H24N4O2. The van der Waals surface area contributed by atoms with Crippen LogP contribution in [0.3, 0.4) is 0 Å². The first-order chi connectivity index (χ1) is 9.78. The van der Waals surface area contributed by atoms with Gasteiger partial charge in [0.25, 0.3) is 0 Å². The Morgan fingerprint density at radius 2 is 2.14 bits per heavy atom. The third kappa shape index (κ3) is 3.77. The second kappa shape index (κ2) is 5.79. The Morgan fingerprint density at radius 3 is 2.71 bits per heavy atom. The van der Waals surface area contributed by atoms with Crippen LogP contribution in [0.25, 0.3) is 0 Å². The van der Waals surface area contributed by atoms with Crippen molar-refractivity contribution in [1.82, 2.24) is 9.88 Å². The molecule has 2 N–H and O–H groups in total. The normalized spacial score (nSPS) is 19.5. The Hall–Kier alpha value is -1.98. The predicted octanol–water partition coefficient (Wildman–Crippen LogP) is 2.11. The van der Waals surface area contributed by atoms with Crippen molar-refractivity contribution in [3.05, 3.63) is 18.5 Å². The molecule has 2 rings (SSSR count). The summed E-state index contributed by atoms with van der Waals surface area (Å²) < 4.78 is 5.45. The van der Waals surface area contributed by atoms with E-state index in [2.05, 4.69) is 9.88 Å². The van der Waals surface area contributed by atoms with E-state index in [1.54, 1.807) is 17.3 Å². The second-order valence-corrected chi connectivity index (χ2v) is 6.40. The van der Waals surface area contributed by atoms with Crippen molar-refractivity contribution < 1.29 is 9.53 Å². The molecule has 0 bridgehead atoms. The summed E-state index contributed by atoms with van der Waals surface area (Å²) >= 11 is 0. The Balaban J connectivity index is 2.03. The van der Waals surface area contributed by atoms with Crippen LogP contribution in [-0.4, -0.2) is 47.3 Å². The van der Waals surface area contributed by atoms with E-state index in [-0.39, 0.29) is 12.1 Å². The molecule has 1 aliphatic rings. The van der Waals surface area contributed by atoms with E-state index in [4.69, 9.17) is 10.5 Å². The van der Waals surface area contributed by atoms with Crippen LogP contribution in [0.2, 0.25) is 0 Å². The summed E-state index contributed by atoms with van der Waals surface area (Å²) in [4.78, 5) is 20.2. The van der Waals surface area contributed by atoms with E-state index < -0.39 is 5.60 Å². The number of ether oxygens (including phenoxy) is 1. The first-order valence-corrected chi connectivity index (χ1v) is 7.22. The van der Waals surface area contributed by atoms with E-state index in [0.717, 1.165) is 18.8 Å². The van der Waals surface area contributed by atoms with Crippen LogP contribution in [0.1, 0.15) is 27.7 Å². The zero-order valence-electron chi connectivity index (χ0n) is 13.2. The summed E-state index contributed by atoms with van der Waals surface area (Å²) in [5.41, 5.74) is 7.13. The molecule has 0 aromatic carbocycles. The molecule has 1 aromatic rings. The van der Waals surface area contributed by atoms with Crippen molar-refractivity contribution in [2.24, 2.45) is 0 Å². The highest BCUT2D eigenvalue weighted by molar-refractivity contribution is 5.70. The first-order valence-electron chi connectivity index (χ1n) is 7.22. The fraction of sp³-hybridized carbons (Fsp3) is 0.600. The molecule has 1 aromatic heterocycles. The zero-order chi connectivity index (χ0) is 15.6. The molecule has 0 unspecified atom stereocenters. The largest absolute Gasteiger partial charge is 0.444 e. The molecule has 1 fully saturated rings. The molecule has 1 atom stereocenters. The lowest BCUT2D eigenvalue weighted by Crippen LogP contribution is -2.55. The van der Waals surface area contributed by atoms with Crippen LogP contribution < -0.4 is 10.6 Å². The highest BCUT2D eigenvalue weighted by atomic mass is 16.6. The van der Waals surface area contributed by atoms with Gasteiger partial charge < -0.3 is 20.3 Å². The van der Waals surface area contributed by atoms with Gasteiger partial charge in [-0.3, -0.25) is 4.98 Å². The highest BCUT2D eigenvalue weighted by Gasteiger charge is 2.31. The van der Waals surface area contributed by atoms with Gasteiger partial charge in [-0.1, -0.05) is 0 Å². The summed E-state index contributed by atoms with van der Waals surface area (Å²) in [6.45, 7) is 9.74. The van der Waals surface area contributed by atoms with Gasteiger partial charge in [0.05, 0.1) is 17.6 Å². The zero-order valence-corrected chi connectivity index (χ0v) is 13.2. The lowest BCUT2D eigenvalue weighted by Gasteiger charge is -2.41. The molecule has 0 saturated carbocycles. The number of nitrogens with zero attached hydrogens (tertiary/aromatic N) is 3. The topological polar surface area (TPSA) is 71.7 Å². The van der Waals surface area contributed by atoms with E-state index in [9.17, 15) is 4.79 Å². The summed E-state index contributed by atoms with van der Waals surface area (Å²) in [6, 6.07) is 1.98. The molecule has 1 amide bonds. The van der Waals surface area contributed by atoms with Gasteiger partial charge in [-0.25, -0.2) is 4.79 Å².